The second kappa shape index (κ2) is 12.4. The Morgan fingerprint density at radius 1 is 0.288 bits per heavy atom. The Morgan fingerprint density at radius 3 is 1.23 bits per heavy atom. The van der Waals surface area contributed by atoms with Crippen LogP contribution in [-0.4, -0.2) is 19.9 Å². The Balaban J connectivity index is 1.38. The number of benzene rings is 6. The summed E-state index contributed by atoms with van der Waals surface area (Å²) in [5.74, 6) is 0. The number of rotatable bonds is 5. The van der Waals surface area contributed by atoms with Crippen LogP contribution in [0.4, 0.5) is 0 Å². The fraction of sp³-hybridized carbons (Fsp3) is 0. The molecule has 242 valence electrons. The Labute approximate surface area is 300 Å². The van der Waals surface area contributed by atoms with Crippen molar-refractivity contribution in [3.63, 3.8) is 0 Å². The lowest BCUT2D eigenvalue weighted by Gasteiger charge is -2.19. The van der Waals surface area contributed by atoms with Gasteiger partial charge in [-0.3, -0.25) is 15.0 Å². The van der Waals surface area contributed by atoms with Gasteiger partial charge in [-0.15, -0.1) is 0 Å². The summed E-state index contributed by atoms with van der Waals surface area (Å²) in [6.07, 6.45) is 11.3. The summed E-state index contributed by atoms with van der Waals surface area (Å²) < 4.78 is 0. The molecular formula is C48H30N4. The second-order valence-electron chi connectivity index (χ2n) is 13.1. The summed E-state index contributed by atoms with van der Waals surface area (Å²) in [4.78, 5) is 19.1. The quantitative estimate of drug-likeness (QED) is 0.136. The van der Waals surface area contributed by atoms with E-state index in [1.54, 1.807) is 0 Å². The van der Waals surface area contributed by atoms with Gasteiger partial charge < -0.3 is 0 Å². The molecule has 0 aliphatic heterocycles. The molecule has 4 aromatic heterocycles. The molecule has 0 spiro atoms. The van der Waals surface area contributed by atoms with E-state index in [-0.39, 0.29) is 0 Å². The van der Waals surface area contributed by atoms with E-state index in [0.29, 0.717) is 0 Å². The van der Waals surface area contributed by atoms with Crippen molar-refractivity contribution in [2.45, 2.75) is 0 Å². The summed E-state index contributed by atoms with van der Waals surface area (Å²) >= 11 is 0. The molecular weight excluding hydrogens is 633 g/mol. The van der Waals surface area contributed by atoms with E-state index in [1.165, 1.54) is 11.1 Å². The van der Waals surface area contributed by atoms with E-state index in [1.807, 2.05) is 49.3 Å². The highest BCUT2D eigenvalue weighted by Gasteiger charge is 2.21. The molecule has 52 heavy (non-hydrogen) atoms. The summed E-state index contributed by atoms with van der Waals surface area (Å²) in [5, 5.41) is 6.62. The van der Waals surface area contributed by atoms with Crippen LogP contribution in [0.3, 0.4) is 0 Å². The largest absolute Gasteiger partial charge is 0.265 e. The average Bonchev–Trinajstić information content (AvgIpc) is 3.23. The maximum absolute atomic E-state index is 5.65. The zero-order valence-electron chi connectivity index (χ0n) is 28.1. The Hall–Kier alpha value is -7.04. The van der Waals surface area contributed by atoms with Crippen LogP contribution in [0.1, 0.15) is 0 Å². The van der Waals surface area contributed by atoms with Crippen LogP contribution in [0, 0.1) is 0 Å². The molecule has 0 saturated heterocycles. The number of hydrogen-bond donors (Lipinski definition) is 0. The fourth-order valence-electron chi connectivity index (χ4n) is 7.67. The van der Waals surface area contributed by atoms with Gasteiger partial charge in [-0.2, -0.15) is 0 Å². The number of nitrogens with zero attached hydrogens (tertiary/aromatic N) is 4. The van der Waals surface area contributed by atoms with Crippen molar-refractivity contribution in [2.24, 2.45) is 0 Å². The smallest absolute Gasteiger partial charge is 0.0795 e. The third-order valence-electron chi connectivity index (χ3n) is 10.1. The van der Waals surface area contributed by atoms with Crippen molar-refractivity contribution in [1.82, 2.24) is 19.9 Å². The molecule has 4 heteroatoms. The highest BCUT2D eigenvalue weighted by Crippen LogP contribution is 2.46. The van der Waals surface area contributed by atoms with E-state index in [2.05, 4.69) is 148 Å². The number of fused-ring (bicyclic) bond motifs is 6. The zero-order chi connectivity index (χ0) is 34.4. The summed E-state index contributed by atoms with van der Waals surface area (Å²) in [7, 11) is 0. The second-order valence-corrected chi connectivity index (χ2v) is 13.1. The normalized spacial score (nSPS) is 11.5. The average molecular weight is 663 g/mol. The minimum Gasteiger partial charge on any atom is -0.265 e. The van der Waals surface area contributed by atoms with Crippen LogP contribution in [-0.2, 0) is 0 Å². The number of pyridine rings is 4. The third kappa shape index (κ3) is 5.00. The lowest BCUT2D eigenvalue weighted by atomic mass is 9.87. The molecule has 10 aromatic rings. The Morgan fingerprint density at radius 2 is 0.769 bits per heavy atom. The molecule has 0 radical (unpaired) electrons. The van der Waals surface area contributed by atoms with Crippen molar-refractivity contribution in [3.05, 3.63) is 183 Å². The van der Waals surface area contributed by atoms with Gasteiger partial charge >= 0.3 is 0 Å². The van der Waals surface area contributed by atoms with Crippen LogP contribution in [0.2, 0.25) is 0 Å². The minimum absolute atomic E-state index is 0.962. The standard InChI is InChI=1S/C48H30N4/c1-3-9-31(10-4-1)34-15-17-38-42(25-34)40(36-13-7-21-50-29-36)27-44-46(33-19-23-49-24-20-33)45-28-41(37-14-8-22-51-30-37)43-26-35(32-11-5-2-6-12-32)16-18-39(43)48(45)52-47(38)44/h1-30H. The molecule has 4 nitrogen and oxygen atoms in total. The number of aromatic nitrogens is 4. The van der Waals surface area contributed by atoms with E-state index in [9.17, 15) is 0 Å². The predicted molar refractivity (Wildman–Crippen MR) is 215 cm³/mol. The topological polar surface area (TPSA) is 51.6 Å². The van der Waals surface area contributed by atoms with Crippen molar-refractivity contribution in [1.29, 1.82) is 0 Å². The van der Waals surface area contributed by atoms with E-state index >= 15 is 0 Å². The van der Waals surface area contributed by atoms with Gasteiger partial charge in [0.2, 0.25) is 0 Å². The number of hydrogen-bond acceptors (Lipinski definition) is 4. The molecule has 0 unspecified atom stereocenters. The molecule has 0 amide bonds. The van der Waals surface area contributed by atoms with Crippen LogP contribution in [0.15, 0.2) is 183 Å². The van der Waals surface area contributed by atoms with Crippen molar-refractivity contribution in [2.75, 3.05) is 0 Å². The lowest BCUT2D eigenvalue weighted by Crippen LogP contribution is -1.96. The molecule has 0 fully saturated rings. The Bertz CT molecular complexity index is 2730. The summed E-state index contributed by atoms with van der Waals surface area (Å²) in [6, 6.07) is 51.8. The van der Waals surface area contributed by atoms with Crippen molar-refractivity contribution < 1.29 is 0 Å². The third-order valence-corrected chi connectivity index (χ3v) is 10.1. The van der Waals surface area contributed by atoms with E-state index in [4.69, 9.17) is 4.98 Å². The van der Waals surface area contributed by atoms with Gasteiger partial charge in [0.05, 0.1) is 11.0 Å². The van der Waals surface area contributed by atoms with Crippen LogP contribution >= 0.6 is 0 Å². The molecule has 0 saturated carbocycles. The van der Waals surface area contributed by atoms with E-state index in [0.717, 1.165) is 87.9 Å². The van der Waals surface area contributed by atoms with Crippen LogP contribution in [0.5, 0.6) is 0 Å². The molecule has 0 N–H and O–H groups in total. The van der Waals surface area contributed by atoms with Gasteiger partial charge in [-0.05, 0) is 98.2 Å². The van der Waals surface area contributed by atoms with Gasteiger partial charge in [0, 0.05) is 75.4 Å². The zero-order valence-corrected chi connectivity index (χ0v) is 28.1. The van der Waals surface area contributed by atoms with Gasteiger partial charge in [-0.25, -0.2) is 4.98 Å². The molecule has 0 bridgehead atoms. The highest BCUT2D eigenvalue weighted by atomic mass is 14.7. The molecule has 10 rings (SSSR count). The first kappa shape index (κ1) is 29.8. The monoisotopic (exact) mass is 662 g/mol. The minimum atomic E-state index is 0.962. The maximum atomic E-state index is 5.65. The lowest BCUT2D eigenvalue weighted by molar-refractivity contribution is 1.33. The van der Waals surface area contributed by atoms with Crippen molar-refractivity contribution in [3.8, 4) is 55.6 Å². The molecule has 4 heterocycles. The fourth-order valence-corrected chi connectivity index (χ4v) is 7.67. The van der Waals surface area contributed by atoms with Gasteiger partial charge in [0.15, 0.2) is 0 Å². The van der Waals surface area contributed by atoms with Crippen LogP contribution in [0.25, 0.3) is 99.0 Å². The van der Waals surface area contributed by atoms with Crippen LogP contribution < -0.4 is 0 Å². The predicted octanol–water partition coefficient (Wildman–Crippen LogP) is 12.2. The van der Waals surface area contributed by atoms with Gasteiger partial charge in [0.25, 0.3) is 0 Å². The molecule has 0 atom stereocenters. The molecule has 0 aliphatic rings. The van der Waals surface area contributed by atoms with Gasteiger partial charge in [0.1, 0.15) is 0 Å². The molecule has 0 aliphatic carbocycles. The Kier molecular flexibility index (Phi) is 7.10. The SMILES string of the molecule is c1ccc(-c2ccc3c(c2)c(-c2cccnc2)cc2c(-c4ccncc4)c4cc(-c5cccnc5)c5cc(-c6ccccc6)ccc5c4nc23)cc1. The molecule has 6 aromatic carbocycles. The first-order valence-corrected chi connectivity index (χ1v) is 17.4. The van der Waals surface area contributed by atoms with E-state index < -0.39 is 0 Å². The first-order valence-electron chi connectivity index (χ1n) is 17.4. The van der Waals surface area contributed by atoms with Gasteiger partial charge in [-0.1, -0.05) is 97.1 Å². The maximum Gasteiger partial charge on any atom is 0.0795 e. The first-order chi connectivity index (χ1) is 25.8. The van der Waals surface area contributed by atoms with Crippen molar-refractivity contribution >= 4 is 43.4 Å². The summed E-state index contributed by atoms with van der Waals surface area (Å²) in [6.45, 7) is 0. The summed E-state index contributed by atoms with van der Waals surface area (Å²) in [5.41, 5.74) is 13.2. The highest BCUT2D eigenvalue weighted by molar-refractivity contribution is 6.25.